The van der Waals surface area contributed by atoms with Gasteiger partial charge in [-0.25, -0.2) is 18.2 Å². The summed E-state index contributed by atoms with van der Waals surface area (Å²) in [5.41, 5.74) is 5.11. The number of hydrogen-bond acceptors (Lipinski definition) is 4. The van der Waals surface area contributed by atoms with Gasteiger partial charge < -0.3 is 0 Å². The van der Waals surface area contributed by atoms with Gasteiger partial charge in [-0.15, -0.1) is 0 Å². The summed E-state index contributed by atoms with van der Waals surface area (Å²) >= 11 is 0. The summed E-state index contributed by atoms with van der Waals surface area (Å²) in [6.07, 6.45) is 1.35. The number of aryl methyl sites for hydroxylation is 3. The molecule has 0 unspecified atom stereocenters. The highest BCUT2D eigenvalue weighted by Crippen LogP contribution is 2.24. The van der Waals surface area contributed by atoms with Crippen molar-refractivity contribution in [3.05, 3.63) is 64.5 Å². The standard InChI is InChI=1S/C19H22FN3O3S/c1-13-9-14(2)19(15(3)10-13)27(25,26)23(4)12-18(24)22-21-11-16-5-7-17(20)8-6-16/h5-11H,12H2,1-4H3,(H,22,24)/b21-11-. The van der Waals surface area contributed by atoms with Crippen LogP contribution in [0.1, 0.15) is 22.3 Å². The van der Waals surface area contributed by atoms with E-state index in [0.717, 1.165) is 9.87 Å². The molecular weight excluding hydrogens is 369 g/mol. The van der Waals surface area contributed by atoms with Crippen molar-refractivity contribution in [1.82, 2.24) is 9.73 Å². The van der Waals surface area contributed by atoms with Gasteiger partial charge >= 0.3 is 0 Å². The molecule has 6 nitrogen and oxygen atoms in total. The zero-order valence-corrected chi connectivity index (χ0v) is 16.5. The minimum atomic E-state index is -3.82. The van der Waals surface area contributed by atoms with Crippen LogP contribution in [0.4, 0.5) is 4.39 Å². The van der Waals surface area contributed by atoms with Crippen molar-refractivity contribution in [3.63, 3.8) is 0 Å². The molecular formula is C19H22FN3O3S. The Morgan fingerprint density at radius 3 is 2.26 bits per heavy atom. The van der Waals surface area contributed by atoms with Crippen LogP contribution in [0.5, 0.6) is 0 Å². The number of likely N-dealkylation sites (N-methyl/N-ethyl adjacent to an activating group) is 1. The molecule has 1 amide bonds. The van der Waals surface area contributed by atoms with E-state index < -0.39 is 15.9 Å². The number of sulfonamides is 1. The number of hydrazone groups is 1. The first-order chi connectivity index (χ1) is 12.6. The Hall–Kier alpha value is -2.58. The first kappa shape index (κ1) is 20.7. The Bertz CT molecular complexity index is 947. The molecule has 8 heteroatoms. The molecule has 0 aromatic heterocycles. The number of rotatable bonds is 6. The van der Waals surface area contributed by atoms with Gasteiger partial charge in [0, 0.05) is 7.05 Å². The Morgan fingerprint density at radius 1 is 1.15 bits per heavy atom. The van der Waals surface area contributed by atoms with Crippen LogP contribution >= 0.6 is 0 Å². The fraction of sp³-hybridized carbons (Fsp3) is 0.263. The number of halogens is 1. The van der Waals surface area contributed by atoms with Crippen LogP contribution in [0.2, 0.25) is 0 Å². The lowest BCUT2D eigenvalue weighted by molar-refractivity contribution is -0.121. The maximum Gasteiger partial charge on any atom is 0.255 e. The van der Waals surface area contributed by atoms with Crippen molar-refractivity contribution < 1.29 is 17.6 Å². The van der Waals surface area contributed by atoms with Crippen LogP contribution in [0.3, 0.4) is 0 Å². The number of carbonyl (C=O) groups excluding carboxylic acids is 1. The predicted octanol–water partition coefficient (Wildman–Crippen LogP) is 2.52. The number of carbonyl (C=O) groups is 1. The van der Waals surface area contributed by atoms with Gasteiger partial charge in [0.1, 0.15) is 5.82 Å². The van der Waals surface area contributed by atoms with Crippen LogP contribution in [0, 0.1) is 26.6 Å². The number of hydrogen-bond donors (Lipinski definition) is 1. The minimum Gasteiger partial charge on any atom is -0.272 e. The number of benzene rings is 2. The molecule has 2 rings (SSSR count). The molecule has 0 atom stereocenters. The molecule has 1 N–H and O–H groups in total. The molecule has 144 valence electrons. The monoisotopic (exact) mass is 391 g/mol. The number of nitrogens with zero attached hydrogens (tertiary/aromatic N) is 2. The van der Waals surface area contributed by atoms with Gasteiger partial charge in [-0.1, -0.05) is 29.8 Å². The molecule has 0 saturated carbocycles. The van der Waals surface area contributed by atoms with E-state index in [2.05, 4.69) is 10.5 Å². The number of nitrogens with one attached hydrogen (secondary N) is 1. The topological polar surface area (TPSA) is 78.8 Å². The van der Waals surface area contributed by atoms with E-state index >= 15 is 0 Å². The van der Waals surface area contributed by atoms with E-state index in [1.165, 1.54) is 37.5 Å². The first-order valence-electron chi connectivity index (χ1n) is 8.23. The second-order valence-electron chi connectivity index (χ2n) is 6.33. The van der Waals surface area contributed by atoms with Crippen molar-refractivity contribution in [2.75, 3.05) is 13.6 Å². The summed E-state index contributed by atoms with van der Waals surface area (Å²) in [5, 5.41) is 3.76. The Kier molecular flexibility index (Phi) is 6.45. The van der Waals surface area contributed by atoms with E-state index in [1.807, 2.05) is 6.92 Å². The van der Waals surface area contributed by atoms with Crippen LogP contribution < -0.4 is 5.43 Å². The predicted molar refractivity (Wildman–Crippen MR) is 103 cm³/mol. The van der Waals surface area contributed by atoms with E-state index in [4.69, 9.17) is 0 Å². The van der Waals surface area contributed by atoms with Crippen LogP contribution in [-0.4, -0.2) is 38.4 Å². The quantitative estimate of drug-likeness (QED) is 0.607. The second kappa shape index (κ2) is 8.41. The van der Waals surface area contributed by atoms with Crippen molar-refractivity contribution in [2.24, 2.45) is 5.10 Å². The number of amides is 1. The van der Waals surface area contributed by atoms with E-state index in [-0.39, 0.29) is 17.3 Å². The van der Waals surface area contributed by atoms with Crippen molar-refractivity contribution >= 4 is 22.1 Å². The fourth-order valence-electron chi connectivity index (χ4n) is 2.78. The third-order valence-electron chi connectivity index (χ3n) is 3.91. The fourth-order valence-corrected chi connectivity index (χ4v) is 4.31. The summed E-state index contributed by atoms with van der Waals surface area (Å²) in [6.45, 7) is 4.98. The maximum atomic E-state index is 12.8. The van der Waals surface area contributed by atoms with Gasteiger partial charge in [0.25, 0.3) is 5.91 Å². The molecule has 0 spiro atoms. The highest BCUT2D eigenvalue weighted by molar-refractivity contribution is 7.89. The Morgan fingerprint density at radius 2 is 1.70 bits per heavy atom. The Labute approximate surface area is 158 Å². The highest BCUT2D eigenvalue weighted by atomic mass is 32.2. The molecule has 0 fully saturated rings. The highest BCUT2D eigenvalue weighted by Gasteiger charge is 2.26. The molecule has 0 bridgehead atoms. The van der Waals surface area contributed by atoms with Crippen LogP contribution in [-0.2, 0) is 14.8 Å². The summed E-state index contributed by atoms with van der Waals surface area (Å²) in [5.74, 6) is -0.952. The largest absolute Gasteiger partial charge is 0.272 e. The lowest BCUT2D eigenvalue weighted by Crippen LogP contribution is -2.37. The first-order valence-corrected chi connectivity index (χ1v) is 9.67. The molecule has 0 aliphatic carbocycles. The van der Waals surface area contributed by atoms with E-state index in [9.17, 15) is 17.6 Å². The third-order valence-corrected chi connectivity index (χ3v) is 6.02. The van der Waals surface area contributed by atoms with Gasteiger partial charge in [-0.2, -0.15) is 9.41 Å². The lowest BCUT2D eigenvalue weighted by atomic mass is 10.1. The summed E-state index contributed by atoms with van der Waals surface area (Å²) < 4.78 is 39.5. The molecule has 0 aliphatic heterocycles. The molecule has 2 aromatic rings. The molecule has 2 aromatic carbocycles. The molecule has 0 heterocycles. The van der Waals surface area contributed by atoms with E-state index in [1.54, 1.807) is 26.0 Å². The lowest BCUT2D eigenvalue weighted by Gasteiger charge is -2.19. The summed E-state index contributed by atoms with van der Waals surface area (Å²) in [6, 6.07) is 9.14. The zero-order valence-electron chi connectivity index (χ0n) is 15.7. The van der Waals surface area contributed by atoms with Crippen LogP contribution in [0.25, 0.3) is 0 Å². The van der Waals surface area contributed by atoms with E-state index in [0.29, 0.717) is 16.7 Å². The average molecular weight is 391 g/mol. The molecule has 27 heavy (non-hydrogen) atoms. The van der Waals surface area contributed by atoms with Gasteiger partial charge in [-0.3, -0.25) is 4.79 Å². The van der Waals surface area contributed by atoms with Gasteiger partial charge in [0.2, 0.25) is 10.0 Å². The minimum absolute atomic E-state index is 0.207. The third kappa shape index (κ3) is 5.21. The SMILES string of the molecule is Cc1cc(C)c(S(=O)(=O)N(C)CC(=O)N/N=C\c2ccc(F)cc2)c(C)c1. The smallest absolute Gasteiger partial charge is 0.255 e. The van der Waals surface area contributed by atoms with Crippen molar-refractivity contribution in [1.29, 1.82) is 0 Å². The molecule has 0 radical (unpaired) electrons. The van der Waals surface area contributed by atoms with Gasteiger partial charge in [-0.05, 0) is 49.6 Å². The summed E-state index contributed by atoms with van der Waals surface area (Å²) in [7, 11) is -2.47. The Balaban J connectivity index is 2.06. The normalized spacial score (nSPS) is 11.9. The molecule has 0 aliphatic rings. The summed E-state index contributed by atoms with van der Waals surface area (Å²) in [4.78, 5) is 12.2. The molecule has 0 saturated heterocycles. The van der Waals surface area contributed by atoms with Gasteiger partial charge in [0.05, 0.1) is 17.7 Å². The second-order valence-corrected chi connectivity index (χ2v) is 8.32. The van der Waals surface area contributed by atoms with Crippen LogP contribution in [0.15, 0.2) is 46.4 Å². The average Bonchev–Trinajstić information content (AvgIpc) is 2.55. The van der Waals surface area contributed by atoms with Gasteiger partial charge in [0.15, 0.2) is 0 Å². The van der Waals surface area contributed by atoms with Crippen molar-refractivity contribution in [3.8, 4) is 0 Å². The zero-order chi connectivity index (χ0) is 20.2. The van der Waals surface area contributed by atoms with Crippen molar-refractivity contribution in [2.45, 2.75) is 25.7 Å². The maximum absolute atomic E-state index is 12.8.